The van der Waals surface area contributed by atoms with Crippen LogP contribution in [-0.4, -0.2) is 19.2 Å². The lowest BCUT2D eigenvalue weighted by molar-refractivity contribution is 0.265. The van der Waals surface area contributed by atoms with Gasteiger partial charge in [0, 0.05) is 6.54 Å². The second kappa shape index (κ2) is 3.24. The molecule has 13 heavy (non-hydrogen) atoms. The number of benzene rings is 1. The van der Waals surface area contributed by atoms with E-state index in [9.17, 15) is 0 Å². The zero-order chi connectivity index (χ0) is 9.26. The Morgan fingerprint density at radius 2 is 2.23 bits per heavy atom. The topological polar surface area (TPSA) is 64.5 Å². The van der Waals surface area contributed by atoms with Crippen LogP contribution in [0.3, 0.4) is 0 Å². The van der Waals surface area contributed by atoms with E-state index in [4.69, 9.17) is 16.3 Å². The Labute approximate surface area is 77.0 Å². The molecule has 0 saturated carbocycles. The highest BCUT2D eigenvalue weighted by Gasteiger charge is 2.23. The zero-order valence-electron chi connectivity index (χ0n) is 7.31. The van der Waals surface area contributed by atoms with Gasteiger partial charge in [-0.3, -0.25) is 5.01 Å². The summed E-state index contributed by atoms with van der Waals surface area (Å²) in [5, 5.41) is 1.68. The molecule has 2 rings (SSSR count). The van der Waals surface area contributed by atoms with Crippen molar-refractivity contribution >= 4 is 5.69 Å². The molecular weight excluding hydrogens is 166 g/mol. The number of fused-ring (bicyclic) bond motifs is 1. The Morgan fingerprint density at radius 3 is 3.00 bits per heavy atom. The van der Waals surface area contributed by atoms with E-state index >= 15 is 0 Å². The lowest BCUT2D eigenvalue weighted by Crippen LogP contribution is -2.51. The molecule has 1 aromatic rings. The molecule has 0 amide bonds. The number of hydrogen-bond donors (Lipinski definition) is 2. The minimum absolute atomic E-state index is 0.0786. The van der Waals surface area contributed by atoms with E-state index in [-0.39, 0.29) is 6.04 Å². The fourth-order valence-electron chi connectivity index (χ4n) is 1.44. The molecule has 1 unspecified atom stereocenters. The van der Waals surface area contributed by atoms with Crippen LogP contribution in [0.2, 0.25) is 0 Å². The second-order valence-corrected chi connectivity index (χ2v) is 3.08. The van der Waals surface area contributed by atoms with Gasteiger partial charge in [0.1, 0.15) is 12.4 Å². The van der Waals surface area contributed by atoms with Gasteiger partial charge in [0.05, 0.1) is 11.7 Å². The molecule has 1 atom stereocenters. The van der Waals surface area contributed by atoms with E-state index in [1.165, 1.54) is 0 Å². The Kier molecular flexibility index (Phi) is 2.08. The van der Waals surface area contributed by atoms with Crippen molar-refractivity contribution in [3.8, 4) is 5.75 Å². The maximum absolute atomic E-state index is 5.87. The van der Waals surface area contributed by atoms with Gasteiger partial charge in [-0.1, -0.05) is 12.1 Å². The van der Waals surface area contributed by atoms with Crippen molar-refractivity contribution in [2.45, 2.75) is 6.04 Å². The SMILES string of the molecule is NCC1COc2ccccc2N1N. The van der Waals surface area contributed by atoms with Crippen LogP contribution < -0.4 is 21.3 Å². The molecule has 1 heterocycles. The molecule has 70 valence electrons. The first-order valence-electron chi connectivity index (χ1n) is 4.28. The summed E-state index contributed by atoms with van der Waals surface area (Å²) >= 11 is 0. The quantitative estimate of drug-likeness (QED) is 0.599. The van der Waals surface area contributed by atoms with Crippen LogP contribution in [0.5, 0.6) is 5.75 Å². The van der Waals surface area contributed by atoms with Crippen LogP contribution in [-0.2, 0) is 0 Å². The summed E-state index contributed by atoms with van der Waals surface area (Å²) in [6.07, 6.45) is 0. The number of para-hydroxylation sites is 2. The average molecular weight is 179 g/mol. The van der Waals surface area contributed by atoms with E-state index in [0.717, 1.165) is 11.4 Å². The van der Waals surface area contributed by atoms with Crippen molar-refractivity contribution in [3.63, 3.8) is 0 Å². The lowest BCUT2D eigenvalue weighted by atomic mass is 10.2. The number of hydrazine groups is 1. The van der Waals surface area contributed by atoms with Crippen molar-refractivity contribution in [2.24, 2.45) is 11.6 Å². The van der Waals surface area contributed by atoms with E-state index in [0.29, 0.717) is 13.2 Å². The summed E-state index contributed by atoms with van der Waals surface area (Å²) < 4.78 is 5.50. The highest BCUT2D eigenvalue weighted by molar-refractivity contribution is 5.59. The molecule has 0 spiro atoms. The molecule has 0 aliphatic carbocycles. The Bertz CT molecular complexity index is 303. The number of ether oxygens (including phenoxy) is 1. The Morgan fingerprint density at radius 1 is 1.46 bits per heavy atom. The Balaban J connectivity index is 2.33. The van der Waals surface area contributed by atoms with E-state index in [2.05, 4.69) is 0 Å². The first-order valence-corrected chi connectivity index (χ1v) is 4.28. The van der Waals surface area contributed by atoms with Crippen molar-refractivity contribution in [1.82, 2.24) is 0 Å². The maximum Gasteiger partial charge on any atom is 0.144 e. The van der Waals surface area contributed by atoms with Crippen molar-refractivity contribution in [2.75, 3.05) is 18.2 Å². The smallest absolute Gasteiger partial charge is 0.144 e. The molecule has 0 aromatic heterocycles. The molecule has 1 aromatic carbocycles. The van der Waals surface area contributed by atoms with Gasteiger partial charge in [-0.2, -0.15) is 0 Å². The molecule has 0 radical (unpaired) electrons. The molecule has 4 nitrogen and oxygen atoms in total. The Hall–Kier alpha value is -1.26. The van der Waals surface area contributed by atoms with Crippen LogP contribution in [0.25, 0.3) is 0 Å². The summed E-state index contributed by atoms with van der Waals surface area (Å²) in [4.78, 5) is 0. The maximum atomic E-state index is 5.87. The first-order chi connectivity index (χ1) is 6.33. The molecule has 1 aliphatic rings. The summed E-state index contributed by atoms with van der Waals surface area (Å²) in [5.74, 6) is 6.70. The fraction of sp³-hybridized carbons (Fsp3) is 0.333. The minimum atomic E-state index is 0.0786. The third-order valence-electron chi connectivity index (χ3n) is 2.24. The van der Waals surface area contributed by atoms with Crippen LogP contribution in [0.1, 0.15) is 0 Å². The summed E-state index contributed by atoms with van der Waals surface area (Å²) in [7, 11) is 0. The summed E-state index contributed by atoms with van der Waals surface area (Å²) in [6.45, 7) is 1.06. The van der Waals surface area contributed by atoms with Gasteiger partial charge in [-0.25, -0.2) is 5.84 Å². The van der Waals surface area contributed by atoms with E-state index < -0.39 is 0 Å². The normalized spacial score (nSPS) is 20.8. The highest BCUT2D eigenvalue weighted by Crippen LogP contribution is 2.30. The van der Waals surface area contributed by atoms with Gasteiger partial charge in [0.25, 0.3) is 0 Å². The average Bonchev–Trinajstić information content (AvgIpc) is 2.19. The minimum Gasteiger partial charge on any atom is -0.489 e. The number of hydrogen-bond acceptors (Lipinski definition) is 4. The van der Waals surface area contributed by atoms with Crippen molar-refractivity contribution < 1.29 is 4.74 Å². The number of anilines is 1. The van der Waals surface area contributed by atoms with Gasteiger partial charge < -0.3 is 10.5 Å². The largest absolute Gasteiger partial charge is 0.489 e. The molecule has 1 aliphatic heterocycles. The predicted molar refractivity (Wildman–Crippen MR) is 51.4 cm³/mol. The van der Waals surface area contributed by atoms with Crippen LogP contribution >= 0.6 is 0 Å². The molecule has 0 saturated heterocycles. The highest BCUT2D eigenvalue weighted by atomic mass is 16.5. The third-order valence-corrected chi connectivity index (χ3v) is 2.24. The van der Waals surface area contributed by atoms with Crippen molar-refractivity contribution in [3.05, 3.63) is 24.3 Å². The van der Waals surface area contributed by atoms with E-state index in [1.54, 1.807) is 5.01 Å². The molecule has 0 fully saturated rings. The van der Waals surface area contributed by atoms with E-state index in [1.807, 2.05) is 24.3 Å². The number of rotatable bonds is 1. The fourth-order valence-corrected chi connectivity index (χ4v) is 1.44. The second-order valence-electron chi connectivity index (χ2n) is 3.08. The van der Waals surface area contributed by atoms with Gasteiger partial charge in [0.2, 0.25) is 0 Å². The van der Waals surface area contributed by atoms with Gasteiger partial charge >= 0.3 is 0 Å². The third kappa shape index (κ3) is 1.34. The molecule has 4 heteroatoms. The van der Waals surface area contributed by atoms with Gasteiger partial charge in [0.15, 0.2) is 0 Å². The zero-order valence-corrected chi connectivity index (χ0v) is 7.31. The summed E-state index contributed by atoms with van der Waals surface area (Å²) in [5.41, 5.74) is 6.46. The molecular formula is C9H13N3O. The van der Waals surface area contributed by atoms with Gasteiger partial charge in [-0.15, -0.1) is 0 Å². The molecule has 0 bridgehead atoms. The first kappa shape index (κ1) is 8.34. The van der Waals surface area contributed by atoms with Gasteiger partial charge in [-0.05, 0) is 12.1 Å². The number of nitrogens with zero attached hydrogens (tertiary/aromatic N) is 1. The lowest BCUT2D eigenvalue weighted by Gasteiger charge is -2.34. The number of nitrogens with two attached hydrogens (primary N) is 2. The van der Waals surface area contributed by atoms with Crippen LogP contribution in [0.15, 0.2) is 24.3 Å². The standard InChI is InChI=1S/C9H13N3O/c10-5-7-6-13-9-4-2-1-3-8(9)12(7)11/h1-4,7H,5-6,10-11H2. The van der Waals surface area contributed by atoms with Crippen molar-refractivity contribution in [1.29, 1.82) is 0 Å². The predicted octanol–water partition coefficient (Wildman–Crippen LogP) is 0.0864. The summed E-state index contributed by atoms with van der Waals surface area (Å²) in [6, 6.07) is 7.77. The monoisotopic (exact) mass is 179 g/mol. The van der Waals surface area contributed by atoms with Crippen LogP contribution in [0, 0.1) is 0 Å². The van der Waals surface area contributed by atoms with Crippen LogP contribution in [0.4, 0.5) is 5.69 Å². The molecule has 4 N–H and O–H groups in total.